The predicted molar refractivity (Wildman–Crippen MR) is 87.8 cm³/mol. The minimum atomic E-state index is -0.279. The number of hydrogen-bond donors (Lipinski definition) is 2. The molecular formula is C17H22N4O. The zero-order chi connectivity index (χ0) is 16.2. The van der Waals surface area contributed by atoms with Gasteiger partial charge in [-0.05, 0) is 33.3 Å². The van der Waals surface area contributed by atoms with E-state index in [0.29, 0.717) is 18.1 Å². The van der Waals surface area contributed by atoms with E-state index in [4.69, 9.17) is 0 Å². The van der Waals surface area contributed by atoms with Crippen LogP contribution in [-0.4, -0.2) is 21.4 Å². The molecule has 0 aliphatic heterocycles. The first-order valence-corrected chi connectivity index (χ1v) is 7.27. The molecular weight excluding hydrogens is 276 g/mol. The quantitative estimate of drug-likeness (QED) is 0.910. The first-order chi connectivity index (χ1) is 10.3. The van der Waals surface area contributed by atoms with Crippen LogP contribution >= 0.6 is 0 Å². The van der Waals surface area contributed by atoms with Crippen LogP contribution < -0.4 is 10.6 Å². The minimum absolute atomic E-state index is 0.169. The third kappa shape index (κ3) is 4.84. The van der Waals surface area contributed by atoms with Crippen LogP contribution in [-0.2, 0) is 6.54 Å². The number of nitrogens with zero attached hydrogens (tertiary/aromatic N) is 2. The Hall–Kier alpha value is -2.43. The average molecular weight is 298 g/mol. The molecule has 2 N–H and O–H groups in total. The summed E-state index contributed by atoms with van der Waals surface area (Å²) in [6.07, 6.45) is 3.07. The standard InChI is InChI=1S/C17H22N4O/c1-12-6-5-7-13(8-12)9-18-16-19-10-14(11-20-16)15(22)21-17(2,3)4/h5-8,10-11H,9H2,1-4H3,(H,21,22)(H,18,19,20). The van der Waals surface area contributed by atoms with Gasteiger partial charge in [0.05, 0.1) is 5.56 Å². The maximum absolute atomic E-state index is 12.0. The Balaban J connectivity index is 1.96. The predicted octanol–water partition coefficient (Wildman–Crippen LogP) is 2.93. The fraction of sp³-hybridized carbons (Fsp3) is 0.353. The van der Waals surface area contributed by atoms with E-state index >= 15 is 0 Å². The van der Waals surface area contributed by atoms with Crippen LogP contribution in [0.1, 0.15) is 42.3 Å². The lowest BCUT2D eigenvalue weighted by atomic mass is 10.1. The van der Waals surface area contributed by atoms with E-state index in [1.807, 2.05) is 32.9 Å². The minimum Gasteiger partial charge on any atom is -0.350 e. The van der Waals surface area contributed by atoms with Crippen LogP contribution in [0.5, 0.6) is 0 Å². The fourth-order valence-electron chi connectivity index (χ4n) is 1.95. The van der Waals surface area contributed by atoms with Crippen molar-refractivity contribution in [1.29, 1.82) is 0 Å². The van der Waals surface area contributed by atoms with Gasteiger partial charge in [0.2, 0.25) is 5.95 Å². The first-order valence-electron chi connectivity index (χ1n) is 7.27. The summed E-state index contributed by atoms with van der Waals surface area (Å²) in [5.74, 6) is 0.339. The Morgan fingerprint density at radius 1 is 1.18 bits per heavy atom. The fourth-order valence-corrected chi connectivity index (χ4v) is 1.95. The van der Waals surface area contributed by atoms with E-state index in [1.54, 1.807) is 0 Å². The molecule has 1 heterocycles. The van der Waals surface area contributed by atoms with Crippen molar-refractivity contribution >= 4 is 11.9 Å². The van der Waals surface area contributed by atoms with Crippen LogP contribution in [0.15, 0.2) is 36.7 Å². The highest BCUT2D eigenvalue weighted by molar-refractivity contribution is 5.94. The van der Waals surface area contributed by atoms with Crippen molar-refractivity contribution in [3.8, 4) is 0 Å². The van der Waals surface area contributed by atoms with Gasteiger partial charge in [0.15, 0.2) is 0 Å². The summed E-state index contributed by atoms with van der Waals surface area (Å²) in [7, 11) is 0. The molecule has 0 atom stereocenters. The summed E-state index contributed by atoms with van der Waals surface area (Å²) >= 11 is 0. The molecule has 0 fully saturated rings. The number of carbonyl (C=O) groups excluding carboxylic acids is 1. The van der Waals surface area contributed by atoms with Gasteiger partial charge in [-0.25, -0.2) is 9.97 Å². The molecule has 0 aliphatic rings. The number of rotatable bonds is 4. The molecule has 1 aromatic heterocycles. The van der Waals surface area contributed by atoms with Crippen LogP contribution in [0.25, 0.3) is 0 Å². The van der Waals surface area contributed by atoms with Gasteiger partial charge < -0.3 is 10.6 Å². The largest absolute Gasteiger partial charge is 0.350 e. The molecule has 0 spiro atoms. The number of carbonyl (C=O) groups is 1. The van der Waals surface area contributed by atoms with E-state index in [-0.39, 0.29) is 11.4 Å². The SMILES string of the molecule is Cc1cccc(CNc2ncc(C(=O)NC(C)(C)C)cn2)c1. The molecule has 2 aromatic rings. The van der Waals surface area contributed by atoms with Crippen LogP contribution in [0, 0.1) is 6.92 Å². The molecule has 1 amide bonds. The molecule has 0 saturated carbocycles. The summed E-state index contributed by atoms with van der Waals surface area (Å²) < 4.78 is 0. The van der Waals surface area contributed by atoms with E-state index < -0.39 is 0 Å². The Kier molecular flexibility index (Phi) is 4.75. The smallest absolute Gasteiger partial charge is 0.254 e. The maximum Gasteiger partial charge on any atom is 0.254 e. The van der Waals surface area contributed by atoms with Crippen molar-refractivity contribution in [2.45, 2.75) is 39.8 Å². The second kappa shape index (κ2) is 6.56. The average Bonchev–Trinajstić information content (AvgIpc) is 2.44. The Bertz CT molecular complexity index is 644. The number of benzene rings is 1. The van der Waals surface area contributed by atoms with Gasteiger partial charge in [-0.3, -0.25) is 4.79 Å². The van der Waals surface area contributed by atoms with Gasteiger partial charge in [-0.1, -0.05) is 29.8 Å². The summed E-state index contributed by atoms with van der Waals surface area (Å²) in [6.45, 7) is 8.51. The molecule has 5 heteroatoms. The van der Waals surface area contributed by atoms with Crippen molar-refractivity contribution in [2.24, 2.45) is 0 Å². The lowest BCUT2D eigenvalue weighted by Gasteiger charge is -2.20. The van der Waals surface area contributed by atoms with E-state index in [9.17, 15) is 4.79 Å². The topological polar surface area (TPSA) is 66.9 Å². The Morgan fingerprint density at radius 2 is 1.86 bits per heavy atom. The Morgan fingerprint density at radius 3 is 2.45 bits per heavy atom. The monoisotopic (exact) mass is 298 g/mol. The zero-order valence-electron chi connectivity index (χ0n) is 13.5. The Labute approximate surface area is 131 Å². The molecule has 0 bridgehead atoms. The number of anilines is 1. The van der Waals surface area contributed by atoms with Crippen LogP contribution in [0.4, 0.5) is 5.95 Å². The molecule has 0 aliphatic carbocycles. The van der Waals surface area contributed by atoms with Crippen LogP contribution in [0.3, 0.4) is 0 Å². The number of aryl methyl sites for hydroxylation is 1. The molecule has 0 radical (unpaired) electrons. The van der Waals surface area contributed by atoms with E-state index in [2.05, 4.69) is 39.7 Å². The summed E-state index contributed by atoms with van der Waals surface area (Å²) in [4.78, 5) is 20.3. The van der Waals surface area contributed by atoms with Gasteiger partial charge in [0.1, 0.15) is 0 Å². The van der Waals surface area contributed by atoms with Crippen LogP contribution in [0.2, 0.25) is 0 Å². The summed E-state index contributed by atoms with van der Waals surface area (Å²) in [6, 6.07) is 8.24. The molecule has 5 nitrogen and oxygen atoms in total. The molecule has 22 heavy (non-hydrogen) atoms. The van der Waals surface area contributed by atoms with Gasteiger partial charge in [-0.2, -0.15) is 0 Å². The van der Waals surface area contributed by atoms with Gasteiger partial charge in [0.25, 0.3) is 5.91 Å². The summed E-state index contributed by atoms with van der Waals surface area (Å²) in [5, 5.41) is 6.03. The molecule has 116 valence electrons. The lowest BCUT2D eigenvalue weighted by molar-refractivity contribution is 0.0919. The maximum atomic E-state index is 12.0. The van der Waals surface area contributed by atoms with Crippen molar-refractivity contribution in [1.82, 2.24) is 15.3 Å². The van der Waals surface area contributed by atoms with Crippen molar-refractivity contribution in [2.75, 3.05) is 5.32 Å². The highest BCUT2D eigenvalue weighted by Crippen LogP contribution is 2.08. The van der Waals surface area contributed by atoms with Gasteiger partial charge in [0, 0.05) is 24.5 Å². The second-order valence-corrected chi connectivity index (χ2v) is 6.34. The third-order valence-electron chi connectivity index (χ3n) is 2.94. The second-order valence-electron chi connectivity index (χ2n) is 6.34. The van der Waals surface area contributed by atoms with Crippen molar-refractivity contribution < 1.29 is 4.79 Å². The highest BCUT2D eigenvalue weighted by Gasteiger charge is 2.15. The summed E-state index contributed by atoms with van der Waals surface area (Å²) in [5.41, 5.74) is 2.56. The molecule has 0 unspecified atom stereocenters. The lowest BCUT2D eigenvalue weighted by Crippen LogP contribution is -2.40. The van der Waals surface area contributed by atoms with E-state index in [0.717, 1.165) is 5.56 Å². The normalized spacial score (nSPS) is 11.1. The highest BCUT2D eigenvalue weighted by atomic mass is 16.1. The molecule has 0 saturated heterocycles. The van der Waals surface area contributed by atoms with Gasteiger partial charge >= 0.3 is 0 Å². The number of amides is 1. The third-order valence-corrected chi connectivity index (χ3v) is 2.94. The van der Waals surface area contributed by atoms with Gasteiger partial charge in [-0.15, -0.1) is 0 Å². The molecule has 1 aromatic carbocycles. The van der Waals surface area contributed by atoms with Crippen molar-refractivity contribution in [3.63, 3.8) is 0 Å². The first kappa shape index (κ1) is 15.9. The zero-order valence-corrected chi connectivity index (χ0v) is 13.5. The number of nitrogens with one attached hydrogen (secondary N) is 2. The van der Waals surface area contributed by atoms with E-state index in [1.165, 1.54) is 18.0 Å². The number of hydrogen-bond acceptors (Lipinski definition) is 4. The van der Waals surface area contributed by atoms with Crippen molar-refractivity contribution in [3.05, 3.63) is 53.3 Å². The number of aromatic nitrogens is 2. The molecule has 2 rings (SSSR count).